The van der Waals surface area contributed by atoms with E-state index in [1.807, 2.05) is 12.1 Å². The number of piperidine rings is 1. The first-order chi connectivity index (χ1) is 14.6. The zero-order valence-corrected chi connectivity index (χ0v) is 17.6. The molecule has 0 aliphatic carbocycles. The van der Waals surface area contributed by atoms with Crippen LogP contribution in [0, 0.1) is 10.6 Å². The normalized spacial score (nSPS) is 14.6. The van der Waals surface area contributed by atoms with Crippen molar-refractivity contribution in [2.45, 2.75) is 32.4 Å². The van der Waals surface area contributed by atoms with Gasteiger partial charge in [-0.1, -0.05) is 30.7 Å². The smallest absolute Gasteiger partial charge is 0.270 e. The minimum Gasteiger partial charge on any atom is -0.347 e. The molecular formula is C23H25FN4OS. The zero-order chi connectivity index (χ0) is 20.9. The number of hydrogen-bond acceptors (Lipinski definition) is 3. The molecule has 4 rings (SSSR count). The molecule has 0 spiro atoms. The Labute approximate surface area is 180 Å². The van der Waals surface area contributed by atoms with Gasteiger partial charge in [-0.15, -0.1) is 0 Å². The number of carbonyl (C=O) groups is 1. The summed E-state index contributed by atoms with van der Waals surface area (Å²) >= 11 is 5.32. The van der Waals surface area contributed by atoms with Crippen LogP contribution >= 0.6 is 12.2 Å². The predicted octanol–water partition coefficient (Wildman–Crippen LogP) is 4.59. The molecule has 30 heavy (non-hydrogen) atoms. The van der Waals surface area contributed by atoms with E-state index in [2.05, 4.69) is 27.3 Å². The van der Waals surface area contributed by atoms with Gasteiger partial charge >= 0.3 is 0 Å². The van der Waals surface area contributed by atoms with E-state index >= 15 is 0 Å². The van der Waals surface area contributed by atoms with Crippen molar-refractivity contribution in [3.63, 3.8) is 0 Å². The summed E-state index contributed by atoms with van der Waals surface area (Å²) in [5, 5.41) is 3.01. The maximum Gasteiger partial charge on any atom is 0.270 e. The molecule has 1 fully saturated rings. The number of halogens is 1. The van der Waals surface area contributed by atoms with Gasteiger partial charge in [-0.3, -0.25) is 14.3 Å². The number of nitrogens with zero attached hydrogens (tertiary/aromatic N) is 2. The number of amides is 1. The molecule has 5 nitrogen and oxygen atoms in total. The fourth-order valence-corrected chi connectivity index (χ4v) is 4.15. The molecule has 0 radical (unpaired) electrons. The molecule has 3 aromatic rings. The standard InChI is InChI=1S/C23H25FN4OS/c24-19-8-10-20(11-9-19)28-21(15-26-23(28)30)22(29)25-14-17-6-2-3-7-18(17)16-27-12-4-1-5-13-27/h2-3,6-11,15H,1,4-5,12-14,16H2,(H,25,29)(H,26,30). The number of nitrogens with one attached hydrogen (secondary N) is 2. The molecular weight excluding hydrogens is 399 g/mol. The first-order valence-corrected chi connectivity index (χ1v) is 10.7. The molecule has 2 N–H and O–H groups in total. The molecule has 156 valence electrons. The van der Waals surface area contributed by atoms with Crippen molar-refractivity contribution in [3.8, 4) is 5.69 Å². The molecule has 1 aliphatic rings. The van der Waals surface area contributed by atoms with Crippen LogP contribution in [-0.2, 0) is 13.1 Å². The number of rotatable bonds is 6. The molecule has 1 aromatic heterocycles. The molecule has 1 saturated heterocycles. The summed E-state index contributed by atoms with van der Waals surface area (Å²) < 4.78 is 15.3. The van der Waals surface area contributed by atoms with E-state index in [9.17, 15) is 9.18 Å². The van der Waals surface area contributed by atoms with Crippen molar-refractivity contribution in [3.05, 3.63) is 82.1 Å². The average Bonchev–Trinajstić information content (AvgIpc) is 3.16. The molecule has 7 heteroatoms. The van der Waals surface area contributed by atoms with Crippen LogP contribution < -0.4 is 5.32 Å². The number of benzene rings is 2. The number of imidazole rings is 1. The number of likely N-dealkylation sites (tertiary alicyclic amines) is 1. The maximum atomic E-state index is 13.3. The van der Waals surface area contributed by atoms with E-state index in [4.69, 9.17) is 12.2 Å². The molecule has 0 bridgehead atoms. The third-order valence-corrected chi connectivity index (χ3v) is 5.79. The molecule has 2 heterocycles. The van der Waals surface area contributed by atoms with Gasteiger partial charge in [-0.05, 0) is 73.5 Å². The first-order valence-electron chi connectivity index (χ1n) is 10.3. The summed E-state index contributed by atoms with van der Waals surface area (Å²) in [6.45, 7) is 3.60. The van der Waals surface area contributed by atoms with Crippen LogP contribution in [0.5, 0.6) is 0 Å². The molecule has 0 saturated carbocycles. The highest BCUT2D eigenvalue weighted by Crippen LogP contribution is 2.17. The van der Waals surface area contributed by atoms with E-state index in [0.29, 0.717) is 22.7 Å². The Balaban J connectivity index is 1.48. The van der Waals surface area contributed by atoms with Crippen LogP contribution in [0.15, 0.2) is 54.7 Å². The Morgan fingerprint density at radius 2 is 1.73 bits per heavy atom. The van der Waals surface area contributed by atoms with Gasteiger partial charge < -0.3 is 10.3 Å². The quantitative estimate of drug-likeness (QED) is 0.569. The van der Waals surface area contributed by atoms with Crippen molar-refractivity contribution in [2.75, 3.05) is 13.1 Å². The number of H-pyrrole nitrogens is 1. The number of hydrogen-bond donors (Lipinski definition) is 2. The lowest BCUT2D eigenvalue weighted by molar-refractivity contribution is 0.0943. The van der Waals surface area contributed by atoms with Crippen molar-refractivity contribution in [2.24, 2.45) is 0 Å². The molecule has 1 amide bonds. The van der Waals surface area contributed by atoms with Gasteiger partial charge in [-0.25, -0.2) is 4.39 Å². The first kappa shape index (κ1) is 20.5. The van der Waals surface area contributed by atoms with Crippen molar-refractivity contribution < 1.29 is 9.18 Å². The van der Waals surface area contributed by atoms with Gasteiger partial charge in [0, 0.05) is 25.0 Å². The van der Waals surface area contributed by atoms with Gasteiger partial charge in [0.05, 0.1) is 0 Å². The van der Waals surface area contributed by atoms with Gasteiger partial charge in [-0.2, -0.15) is 0 Å². The monoisotopic (exact) mass is 424 g/mol. The SMILES string of the molecule is O=C(NCc1ccccc1CN1CCCCC1)c1c[nH]c(=S)n1-c1ccc(F)cc1. The summed E-state index contributed by atoms with van der Waals surface area (Å²) in [5.41, 5.74) is 3.38. The third-order valence-electron chi connectivity index (χ3n) is 5.49. The van der Waals surface area contributed by atoms with Crippen molar-refractivity contribution >= 4 is 18.1 Å². The Morgan fingerprint density at radius 3 is 2.47 bits per heavy atom. The van der Waals surface area contributed by atoms with Crippen LogP contribution in [-0.4, -0.2) is 33.4 Å². The fourth-order valence-electron chi connectivity index (χ4n) is 3.89. The lowest BCUT2D eigenvalue weighted by Crippen LogP contribution is -2.30. The molecule has 0 unspecified atom stereocenters. The number of aromatic amines is 1. The minimum atomic E-state index is -0.336. The Kier molecular flexibility index (Phi) is 6.40. The third kappa shape index (κ3) is 4.68. The van der Waals surface area contributed by atoms with Crippen LogP contribution in [0.4, 0.5) is 4.39 Å². The van der Waals surface area contributed by atoms with E-state index in [1.54, 1.807) is 22.9 Å². The second-order valence-corrected chi connectivity index (χ2v) is 7.97. The molecule has 0 atom stereocenters. The summed E-state index contributed by atoms with van der Waals surface area (Å²) in [7, 11) is 0. The van der Waals surface area contributed by atoms with Gasteiger partial charge in [0.2, 0.25) is 0 Å². The predicted molar refractivity (Wildman–Crippen MR) is 118 cm³/mol. The second-order valence-electron chi connectivity index (χ2n) is 7.58. The van der Waals surface area contributed by atoms with E-state index in [1.165, 1.54) is 37.0 Å². The van der Waals surface area contributed by atoms with Crippen LogP contribution in [0.1, 0.15) is 40.9 Å². The number of carbonyl (C=O) groups excluding carboxylic acids is 1. The summed E-state index contributed by atoms with van der Waals surface area (Å²) in [6, 6.07) is 14.1. The summed E-state index contributed by atoms with van der Waals surface area (Å²) in [5.74, 6) is -0.573. The van der Waals surface area contributed by atoms with Gasteiger partial charge in [0.1, 0.15) is 11.5 Å². The Morgan fingerprint density at radius 1 is 1.03 bits per heavy atom. The molecule has 2 aromatic carbocycles. The summed E-state index contributed by atoms with van der Waals surface area (Å²) in [6.07, 6.45) is 5.39. The largest absolute Gasteiger partial charge is 0.347 e. The Bertz CT molecular complexity index is 1070. The fraction of sp³-hybridized carbons (Fsp3) is 0.304. The summed E-state index contributed by atoms with van der Waals surface area (Å²) in [4.78, 5) is 18.3. The van der Waals surface area contributed by atoms with Crippen LogP contribution in [0.2, 0.25) is 0 Å². The van der Waals surface area contributed by atoms with Crippen LogP contribution in [0.3, 0.4) is 0 Å². The van der Waals surface area contributed by atoms with E-state index in [0.717, 1.165) is 25.2 Å². The lowest BCUT2D eigenvalue weighted by Gasteiger charge is -2.27. The topological polar surface area (TPSA) is 53.1 Å². The highest BCUT2D eigenvalue weighted by molar-refractivity contribution is 7.71. The Hall–Kier alpha value is -2.77. The second kappa shape index (κ2) is 9.36. The average molecular weight is 425 g/mol. The van der Waals surface area contributed by atoms with Gasteiger partial charge in [0.15, 0.2) is 4.77 Å². The van der Waals surface area contributed by atoms with Crippen molar-refractivity contribution in [1.29, 1.82) is 0 Å². The van der Waals surface area contributed by atoms with E-state index < -0.39 is 0 Å². The highest BCUT2D eigenvalue weighted by atomic mass is 32.1. The van der Waals surface area contributed by atoms with Gasteiger partial charge in [0.25, 0.3) is 5.91 Å². The zero-order valence-electron chi connectivity index (χ0n) is 16.7. The highest BCUT2D eigenvalue weighted by Gasteiger charge is 2.16. The lowest BCUT2D eigenvalue weighted by atomic mass is 10.0. The number of aromatic nitrogens is 2. The molecule has 1 aliphatic heterocycles. The van der Waals surface area contributed by atoms with Crippen molar-refractivity contribution in [1.82, 2.24) is 19.8 Å². The van der Waals surface area contributed by atoms with E-state index in [-0.39, 0.29) is 11.7 Å². The minimum absolute atomic E-state index is 0.237. The van der Waals surface area contributed by atoms with Crippen LogP contribution in [0.25, 0.3) is 5.69 Å². The maximum absolute atomic E-state index is 13.3.